The van der Waals surface area contributed by atoms with Gasteiger partial charge in [0.1, 0.15) is 14.5 Å². The molecule has 17 heteroatoms. The second-order valence-corrected chi connectivity index (χ2v) is 11.7. The van der Waals surface area contributed by atoms with Gasteiger partial charge in [0.15, 0.2) is 5.78 Å². The number of thiophene rings is 2. The zero-order valence-electron chi connectivity index (χ0n) is 24.0. The molecular formula is C30H20F6N6O3S2. The van der Waals surface area contributed by atoms with Crippen molar-refractivity contribution in [2.75, 3.05) is 18.6 Å². The summed E-state index contributed by atoms with van der Waals surface area (Å²) in [5, 5.41) is -0.513. The molecule has 0 amide bonds. The van der Waals surface area contributed by atoms with Gasteiger partial charge in [0.25, 0.3) is 0 Å². The van der Waals surface area contributed by atoms with Crippen molar-refractivity contribution in [3.05, 3.63) is 82.1 Å². The fourth-order valence-corrected chi connectivity index (χ4v) is 6.57. The Morgan fingerprint density at radius 2 is 1.17 bits per heavy atom. The van der Waals surface area contributed by atoms with E-state index in [1.807, 2.05) is 0 Å². The van der Waals surface area contributed by atoms with Gasteiger partial charge >= 0.3 is 18.3 Å². The number of hydrogen-bond donors (Lipinski definition) is 2. The molecule has 0 atom stereocenters. The fourth-order valence-electron chi connectivity index (χ4n) is 4.52. The Kier molecular flexibility index (Phi) is 8.87. The summed E-state index contributed by atoms with van der Waals surface area (Å²) >= 11 is 1.63. The third-order valence-electron chi connectivity index (χ3n) is 6.61. The highest BCUT2D eigenvalue weighted by Gasteiger charge is 2.37. The Morgan fingerprint density at radius 3 is 1.53 bits per heavy atom. The van der Waals surface area contributed by atoms with Gasteiger partial charge in [-0.05, 0) is 36.4 Å². The van der Waals surface area contributed by atoms with Gasteiger partial charge in [0, 0.05) is 53.6 Å². The number of ether oxygens (including phenoxy) is 1. The fraction of sp³-hybridized carbons (Fsp3) is 0.133. The largest absolute Gasteiger partial charge is 0.465 e. The Bertz CT molecular complexity index is 2130. The predicted octanol–water partition coefficient (Wildman–Crippen LogP) is 7.91. The molecular weight excluding hydrogens is 670 g/mol. The minimum Gasteiger partial charge on any atom is -0.465 e. The van der Waals surface area contributed by atoms with E-state index in [-0.39, 0.29) is 58.7 Å². The van der Waals surface area contributed by atoms with Crippen molar-refractivity contribution in [2.24, 2.45) is 0 Å². The number of Topliss-reactive ketones (excluding diaryl/α,β-unsaturated/α-hetero) is 1. The zero-order chi connectivity index (χ0) is 34.3. The van der Waals surface area contributed by atoms with E-state index in [0.29, 0.717) is 11.1 Å². The van der Waals surface area contributed by atoms with Gasteiger partial charge in [0.2, 0.25) is 0 Å². The van der Waals surface area contributed by atoms with Crippen LogP contribution in [0.15, 0.2) is 61.2 Å². The number of pyridine rings is 4. The van der Waals surface area contributed by atoms with Gasteiger partial charge in [0.05, 0.1) is 45.9 Å². The van der Waals surface area contributed by atoms with Crippen molar-refractivity contribution in [2.45, 2.75) is 19.3 Å². The van der Waals surface area contributed by atoms with Crippen molar-refractivity contribution in [1.29, 1.82) is 0 Å². The molecule has 0 saturated heterocycles. The number of carbonyl (C=O) groups is 2. The van der Waals surface area contributed by atoms with E-state index < -0.39 is 29.4 Å². The zero-order valence-corrected chi connectivity index (χ0v) is 25.7. The highest BCUT2D eigenvalue weighted by Crippen LogP contribution is 2.45. The van der Waals surface area contributed by atoms with Crippen molar-refractivity contribution in [3.8, 4) is 22.5 Å². The van der Waals surface area contributed by atoms with Crippen LogP contribution in [0.3, 0.4) is 0 Å². The molecule has 0 aliphatic carbocycles. The predicted molar refractivity (Wildman–Crippen MR) is 166 cm³/mol. The van der Waals surface area contributed by atoms with Crippen molar-refractivity contribution in [1.82, 2.24) is 19.9 Å². The first-order valence-corrected chi connectivity index (χ1v) is 14.8. The lowest BCUT2D eigenvalue weighted by Crippen LogP contribution is -2.08. The number of ketones is 1. The molecule has 4 N–H and O–H groups in total. The van der Waals surface area contributed by atoms with E-state index in [1.54, 1.807) is 24.3 Å². The van der Waals surface area contributed by atoms with Crippen molar-refractivity contribution in [3.63, 3.8) is 0 Å². The van der Waals surface area contributed by atoms with Gasteiger partial charge in [-0.1, -0.05) is 0 Å². The van der Waals surface area contributed by atoms with Crippen LogP contribution in [0.1, 0.15) is 37.4 Å². The summed E-state index contributed by atoms with van der Waals surface area (Å²) in [6, 6.07) is 8.26. The molecule has 0 aromatic carbocycles. The molecule has 0 aliphatic heterocycles. The van der Waals surface area contributed by atoms with E-state index in [0.717, 1.165) is 41.9 Å². The SMILES string of the molecule is CC(=O)c1sc2nc(-c3cccnc3)cc(C(F)(F)F)c2c1N.COC(=O)c1sc2nc(-c3cccnc3)cc(C(F)(F)F)c2c1N. The van der Waals surface area contributed by atoms with Crippen LogP contribution >= 0.6 is 22.7 Å². The number of anilines is 2. The summed E-state index contributed by atoms with van der Waals surface area (Å²) in [4.78, 5) is 39.6. The maximum atomic E-state index is 13.5. The van der Waals surface area contributed by atoms with Crippen LogP contribution in [-0.2, 0) is 17.1 Å². The van der Waals surface area contributed by atoms with Crippen LogP contribution in [0, 0.1) is 0 Å². The summed E-state index contributed by atoms with van der Waals surface area (Å²) in [6.07, 6.45) is -3.40. The molecule has 6 heterocycles. The summed E-state index contributed by atoms with van der Waals surface area (Å²) in [7, 11) is 1.13. The molecule has 6 aromatic rings. The van der Waals surface area contributed by atoms with E-state index in [4.69, 9.17) is 11.5 Å². The van der Waals surface area contributed by atoms with Gasteiger partial charge in [-0.25, -0.2) is 14.8 Å². The van der Waals surface area contributed by atoms with Gasteiger partial charge in [-0.2, -0.15) is 26.3 Å². The van der Waals surface area contributed by atoms with E-state index >= 15 is 0 Å². The normalized spacial score (nSPS) is 11.7. The first-order chi connectivity index (χ1) is 22.1. The first-order valence-electron chi connectivity index (χ1n) is 13.1. The molecule has 0 saturated carbocycles. The highest BCUT2D eigenvalue weighted by molar-refractivity contribution is 7.21. The van der Waals surface area contributed by atoms with Crippen LogP contribution in [0.2, 0.25) is 0 Å². The summed E-state index contributed by atoms with van der Waals surface area (Å²) in [5.41, 5.74) is 10.3. The Labute approximate surface area is 268 Å². The number of nitrogens with zero attached hydrogens (tertiary/aromatic N) is 4. The number of rotatable bonds is 4. The molecule has 0 unspecified atom stereocenters. The van der Waals surface area contributed by atoms with E-state index in [2.05, 4.69) is 24.7 Å². The number of fused-ring (bicyclic) bond motifs is 2. The van der Waals surface area contributed by atoms with E-state index in [1.165, 1.54) is 31.7 Å². The lowest BCUT2D eigenvalue weighted by atomic mass is 10.1. The monoisotopic (exact) mass is 690 g/mol. The number of halogens is 6. The van der Waals surface area contributed by atoms with Crippen LogP contribution in [0.4, 0.5) is 37.7 Å². The minimum atomic E-state index is -4.65. The lowest BCUT2D eigenvalue weighted by Gasteiger charge is -2.11. The van der Waals surface area contributed by atoms with Gasteiger partial charge in [-0.3, -0.25) is 14.8 Å². The number of alkyl halides is 6. The van der Waals surface area contributed by atoms with E-state index in [9.17, 15) is 35.9 Å². The molecule has 47 heavy (non-hydrogen) atoms. The average molecular weight is 691 g/mol. The smallest absolute Gasteiger partial charge is 0.417 e. The molecule has 0 aliphatic rings. The number of nitrogens with two attached hydrogens (primary N) is 2. The number of carbonyl (C=O) groups excluding carboxylic acids is 2. The van der Waals surface area contributed by atoms with Crippen molar-refractivity contribution >= 4 is 66.2 Å². The molecule has 0 bridgehead atoms. The highest BCUT2D eigenvalue weighted by atomic mass is 32.1. The molecule has 0 spiro atoms. The number of esters is 1. The van der Waals surface area contributed by atoms with Crippen LogP contribution in [0.25, 0.3) is 42.9 Å². The van der Waals surface area contributed by atoms with Gasteiger partial charge < -0.3 is 16.2 Å². The Morgan fingerprint density at radius 1 is 0.745 bits per heavy atom. The third kappa shape index (κ3) is 6.57. The molecule has 6 aromatic heterocycles. The quantitative estimate of drug-likeness (QED) is 0.107. The second kappa shape index (κ2) is 12.6. The second-order valence-electron chi connectivity index (χ2n) is 9.69. The molecule has 0 radical (unpaired) electrons. The van der Waals surface area contributed by atoms with Gasteiger partial charge in [-0.15, -0.1) is 22.7 Å². The number of aromatic nitrogens is 4. The molecule has 6 rings (SSSR count). The number of nitrogen functional groups attached to an aromatic ring is 2. The summed E-state index contributed by atoms with van der Waals surface area (Å²) in [5.74, 6) is -1.19. The Hall–Kier alpha value is -5.16. The first kappa shape index (κ1) is 33.2. The maximum absolute atomic E-state index is 13.5. The lowest BCUT2D eigenvalue weighted by molar-refractivity contribution is -0.137. The topological polar surface area (TPSA) is 147 Å². The van der Waals surface area contributed by atoms with Crippen LogP contribution in [0.5, 0.6) is 0 Å². The molecule has 9 nitrogen and oxygen atoms in total. The average Bonchev–Trinajstić information content (AvgIpc) is 3.56. The number of methoxy groups -OCH3 is 1. The standard InChI is InChI=1S/C15H10F3N3O2S.C15H10F3N3OS/c1-23-14(22)12-11(19)10-8(15(16,17)18)5-9(21-13(10)24-12)7-3-2-4-20-6-7;1-7(22)13-12(19)11-9(15(16,17)18)5-10(21-14(11)23-13)8-3-2-4-20-6-8/h2-6H,19H2,1H3;2-6H,19H2,1H3. The summed E-state index contributed by atoms with van der Waals surface area (Å²) < 4.78 is 85.3. The van der Waals surface area contributed by atoms with Crippen molar-refractivity contribution < 1.29 is 40.7 Å². The van der Waals surface area contributed by atoms with Crippen LogP contribution in [-0.4, -0.2) is 38.8 Å². The van der Waals surface area contributed by atoms with Crippen LogP contribution < -0.4 is 11.5 Å². The summed E-state index contributed by atoms with van der Waals surface area (Å²) in [6.45, 7) is 1.26. The minimum absolute atomic E-state index is 0.0154. The number of hydrogen-bond acceptors (Lipinski definition) is 11. The molecule has 0 fully saturated rings. The maximum Gasteiger partial charge on any atom is 0.417 e. The Balaban J connectivity index is 0.000000185. The third-order valence-corrected chi connectivity index (χ3v) is 8.89. The molecule has 242 valence electrons.